The highest BCUT2D eigenvalue weighted by molar-refractivity contribution is 6.09. The molecule has 0 saturated carbocycles. The molecule has 0 amide bonds. The number of rotatable bonds is 3. The number of hydrogen-bond acceptors (Lipinski definition) is 2. The molecule has 0 N–H and O–H groups in total. The second kappa shape index (κ2) is 5.99. The van der Waals surface area contributed by atoms with Gasteiger partial charge >= 0.3 is 0 Å². The predicted octanol–water partition coefficient (Wildman–Crippen LogP) is 3.82. The summed E-state index contributed by atoms with van der Waals surface area (Å²) < 4.78 is 3.63. The summed E-state index contributed by atoms with van der Waals surface area (Å²) in [5, 5.41) is 2.11. The molecule has 0 spiro atoms. The molecule has 4 heteroatoms. The predicted molar refractivity (Wildman–Crippen MR) is 105 cm³/mol. The molecule has 0 aliphatic heterocycles. The van der Waals surface area contributed by atoms with Gasteiger partial charge in [0.25, 0.3) is 5.56 Å². The quantitative estimate of drug-likeness (QED) is 0.530. The Bertz CT molecular complexity index is 1210. The molecule has 0 radical (unpaired) electrons. The van der Waals surface area contributed by atoms with E-state index in [4.69, 9.17) is 0 Å². The maximum absolute atomic E-state index is 12.7. The maximum atomic E-state index is 12.7. The maximum Gasteiger partial charge on any atom is 0.274 e. The van der Waals surface area contributed by atoms with Crippen LogP contribution in [0.15, 0.2) is 59.5 Å². The van der Waals surface area contributed by atoms with Crippen molar-refractivity contribution in [1.29, 1.82) is 0 Å². The molecule has 0 fully saturated rings. The number of para-hydroxylation sites is 1. The van der Waals surface area contributed by atoms with Crippen LogP contribution in [0.25, 0.3) is 21.8 Å². The summed E-state index contributed by atoms with van der Waals surface area (Å²) >= 11 is 0. The molecule has 4 rings (SSSR count). The van der Waals surface area contributed by atoms with Crippen LogP contribution < -0.4 is 5.56 Å². The van der Waals surface area contributed by atoms with Crippen molar-refractivity contribution < 1.29 is 4.79 Å². The number of benzene rings is 2. The van der Waals surface area contributed by atoms with E-state index in [1.807, 2.05) is 60.3 Å². The van der Waals surface area contributed by atoms with Gasteiger partial charge in [-0.1, -0.05) is 42.5 Å². The first-order chi connectivity index (χ1) is 12.5. The number of Topliss-reactive ketones (excluding diaryl/α,β-unsaturated/α-hetero) is 1. The summed E-state index contributed by atoms with van der Waals surface area (Å²) in [6.07, 6.45) is 2.63. The summed E-state index contributed by atoms with van der Waals surface area (Å²) in [7, 11) is 3.74. The van der Waals surface area contributed by atoms with Gasteiger partial charge in [0.2, 0.25) is 0 Å². The van der Waals surface area contributed by atoms with Gasteiger partial charge in [-0.15, -0.1) is 0 Å². The Morgan fingerprint density at radius 3 is 2.38 bits per heavy atom. The minimum atomic E-state index is 0.00868. The number of pyridine rings is 1. The molecule has 130 valence electrons. The number of carbonyl (C=O) groups is 1. The lowest BCUT2D eigenvalue weighted by Crippen LogP contribution is -2.19. The fraction of sp³-hybridized carbons (Fsp3) is 0.182. The van der Waals surface area contributed by atoms with Gasteiger partial charge in [0.05, 0.1) is 0 Å². The molecule has 0 saturated heterocycles. The largest absolute Gasteiger partial charge is 0.339 e. The van der Waals surface area contributed by atoms with E-state index in [0.29, 0.717) is 12.0 Å². The van der Waals surface area contributed by atoms with Gasteiger partial charge in [-0.05, 0) is 30.5 Å². The Kier molecular flexibility index (Phi) is 3.76. The third-order valence-electron chi connectivity index (χ3n) is 5.06. The third-order valence-corrected chi connectivity index (χ3v) is 5.06. The Morgan fingerprint density at radius 2 is 1.69 bits per heavy atom. The molecular formula is C22H20N2O2. The molecule has 2 aromatic carbocycles. The highest BCUT2D eigenvalue weighted by atomic mass is 16.1. The van der Waals surface area contributed by atoms with Crippen molar-refractivity contribution in [2.75, 3.05) is 0 Å². The summed E-state index contributed by atoms with van der Waals surface area (Å²) in [5.74, 6) is 0.0649. The molecule has 4 nitrogen and oxygen atoms in total. The fourth-order valence-electron chi connectivity index (χ4n) is 3.70. The summed E-state index contributed by atoms with van der Waals surface area (Å²) in [5.41, 5.74) is 4.72. The van der Waals surface area contributed by atoms with Crippen LogP contribution in [0.3, 0.4) is 0 Å². The standard InChI is InChI=1S/C22H20N2O2/c1-14(25)16-10-8-15(9-11-16)12-17-13-23(2)22(26)21-20(17)18-6-4-5-7-19(18)24(21)3/h4-11,13H,12H2,1-3H3. The van der Waals surface area contributed by atoms with Gasteiger partial charge < -0.3 is 9.13 Å². The van der Waals surface area contributed by atoms with Crippen molar-refractivity contribution >= 4 is 27.6 Å². The number of aryl methyl sites for hydroxylation is 2. The molecule has 0 aliphatic carbocycles. The van der Waals surface area contributed by atoms with E-state index in [-0.39, 0.29) is 11.3 Å². The van der Waals surface area contributed by atoms with Gasteiger partial charge in [-0.25, -0.2) is 0 Å². The lowest BCUT2D eigenvalue weighted by atomic mass is 10.00. The second-order valence-electron chi connectivity index (χ2n) is 6.80. The van der Waals surface area contributed by atoms with E-state index in [1.54, 1.807) is 18.5 Å². The van der Waals surface area contributed by atoms with Crippen molar-refractivity contribution in [1.82, 2.24) is 9.13 Å². The summed E-state index contributed by atoms with van der Waals surface area (Å²) in [6.45, 7) is 1.57. The highest BCUT2D eigenvalue weighted by Gasteiger charge is 2.16. The number of fused-ring (bicyclic) bond motifs is 3. The van der Waals surface area contributed by atoms with E-state index < -0.39 is 0 Å². The average Bonchev–Trinajstić information content (AvgIpc) is 2.93. The molecule has 2 heterocycles. The Hall–Kier alpha value is -3.14. The highest BCUT2D eigenvalue weighted by Crippen LogP contribution is 2.30. The van der Waals surface area contributed by atoms with Crippen LogP contribution in [-0.4, -0.2) is 14.9 Å². The molecule has 0 atom stereocenters. The van der Waals surface area contributed by atoms with Crippen molar-refractivity contribution in [3.8, 4) is 0 Å². The van der Waals surface area contributed by atoms with Gasteiger partial charge in [0.15, 0.2) is 5.78 Å². The van der Waals surface area contributed by atoms with E-state index in [1.165, 1.54) is 0 Å². The first kappa shape index (κ1) is 16.3. The first-order valence-electron chi connectivity index (χ1n) is 8.63. The normalized spacial score (nSPS) is 11.3. The number of carbonyl (C=O) groups excluding carboxylic acids is 1. The lowest BCUT2D eigenvalue weighted by Gasteiger charge is -2.09. The smallest absolute Gasteiger partial charge is 0.274 e. The molecule has 4 aromatic rings. The second-order valence-corrected chi connectivity index (χ2v) is 6.80. The fourth-order valence-corrected chi connectivity index (χ4v) is 3.70. The van der Waals surface area contributed by atoms with Crippen molar-refractivity contribution in [3.63, 3.8) is 0 Å². The molecule has 0 unspecified atom stereocenters. The monoisotopic (exact) mass is 344 g/mol. The van der Waals surface area contributed by atoms with Crippen LogP contribution >= 0.6 is 0 Å². The van der Waals surface area contributed by atoms with Crippen LogP contribution in [0.5, 0.6) is 0 Å². The first-order valence-corrected chi connectivity index (χ1v) is 8.63. The summed E-state index contributed by atoms with van der Waals surface area (Å²) in [6, 6.07) is 15.8. The van der Waals surface area contributed by atoms with E-state index >= 15 is 0 Å². The zero-order valence-electron chi connectivity index (χ0n) is 15.1. The zero-order valence-corrected chi connectivity index (χ0v) is 15.1. The summed E-state index contributed by atoms with van der Waals surface area (Å²) in [4.78, 5) is 24.2. The van der Waals surface area contributed by atoms with Crippen molar-refractivity contribution in [2.24, 2.45) is 14.1 Å². The van der Waals surface area contributed by atoms with Gasteiger partial charge in [-0.3, -0.25) is 9.59 Å². The van der Waals surface area contributed by atoms with E-state index in [0.717, 1.165) is 32.9 Å². The van der Waals surface area contributed by atoms with Crippen LogP contribution in [0.2, 0.25) is 0 Å². The lowest BCUT2D eigenvalue weighted by molar-refractivity contribution is 0.101. The average molecular weight is 344 g/mol. The van der Waals surface area contributed by atoms with Crippen molar-refractivity contribution in [2.45, 2.75) is 13.3 Å². The van der Waals surface area contributed by atoms with Gasteiger partial charge in [0, 0.05) is 42.1 Å². The minimum Gasteiger partial charge on any atom is -0.339 e. The van der Waals surface area contributed by atoms with Crippen LogP contribution in [0.4, 0.5) is 0 Å². The van der Waals surface area contributed by atoms with Crippen LogP contribution in [-0.2, 0) is 20.5 Å². The molecule has 0 aliphatic rings. The number of aromatic nitrogens is 2. The van der Waals surface area contributed by atoms with E-state index in [2.05, 4.69) is 6.07 Å². The Balaban J connectivity index is 1.95. The number of nitrogens with zero attached hydrogens (tertiary/aromatic N) is 2. The topological polar surface area (TPSA) is 44.0 Å². The van der Waals surface area contributed by atoms with Crippen LogP contribution in [0, 0.1) is 0 Å². The Labute approximate surface area is 151 Å². The molecular weight excluding hydrogens is 324 g/mol. The van der Waals surface area contributed by atoms with E-state index in [9.17, 15) is 9.59 Å². The zero-order chi connectivity index (χ0) is 18.4. The molecule has 26 heavy (non-hydrogen) atoms. The Morgan fingerprint density at radius 1 is 1.00 bits per heavy atom. The van der Waals surface area contributed by atoms with Crippen LogP contribution in [0.1, 0.15) is 28.4 Å². The number of ketones is 1. The third kappa shape index (κ3) is 2.46. The molecule has 2 aromatic heterocycles. The molecule has 0 bridgehead atoms. The SMILES string of the molecule is CC(=O)c1ccc(Cc2cn(C)c(=O)c3c2c2ccccc2n3C)cc1. The minimum absolute atomic E-state index is 0.00868. The number of hydrogen-bond donors (Lipinski definition) is 0. The van der Waals surface area contributed by atoms with Gasteiger partial charge in [-0.2, -0.15) is 0 Å². The van der Waals surface area contributed by atoms with Gasteiger partial charge in [0.1, 0.15) is 5.52 Å². The van der Waals surface area contributed by atoms with Crippen molar-refractivity contribution in [3.05, 3.63) is 81.8 Å².